The van der Waals surface area contributed by atoms with Crippen molar-refractivity contribution in [2.24, 2.45) is 0 Å². The summed E-state index contributed by atoms with van der Waals surface area (Å²) in [4.78, 5) is 11.5. The highest BCUT2D eigenvalue weighted by molar-refractivity contribution is 5.74. The van der Waals surface area contributed by atoms with Crippen LogP contribution in [0.25, 0.3) is 0 Å². The molecule has 0 aliphatic rings. The van der Waals surface area contributed by atoms with Gasteiger partial charge in [-0.1, -0.05) is 84.0 Å². The zero-order valence-corrected chi connectivity index (χ0v) is 15.4. The fourth-order valence-electron chi connectivity index (χ4n) is 2.77. The lowest BCUT2D eigenvalue weighted by molar-refractivity contribution is -0.155. The number of carbonyl (C=O) groups is 1. The van der Waals surface area contributed by atoms with Crippen LogP contribution < -0.4 is 0 Å². The predicted octanol–water partition coefficient (Wildman–Crippen LogP) is 4.63. The van der Waals surface area contributed by atoms with Gasteiger partial charge in [-0.05, 0) is 6.42 Å². The van der Waals surface area contributed by atoms with Crippen LogP contribution in [0, 0.1) is 0 Å². The van der Waals surface area contributed by atoms with E-state index in [4.69, 9.17) is 14.6 Å². The second-order valence-electron chi connectivity index (χ2n) is 6.28. The first kappa shape index (κ1) is 22.4. The SMILES string of the molecule is CCCCCCCCCCCCCCC(OCCO)C(=O)OC. The molecule has 1 N–H and O–H groups in total. The largest absolute Gasteiger partial charge is 0.467 e. The van der Waals surface area contributed by atoms with Gasteiger partial charge in [0.25, 0.3) is 0 Å². The standard InChI is InChI=1S/C19H38O4/c1-3-4-5-6-7-8-9-10-11-12-13-14-15-18(19(21)22-2)23-17-16-20/h18,20H,3-17H2,1-2H3. The predicted molar refractivity (Wildman–Crippen MR) is 94.5 cm³/mol. The minimum Gasteiger partial charge on any atom is -0.467 e. The Bertz CT molecular complexity index is 256. The minimum absolute atomic E-state index is 0.0636. The number of hydrogen-bond acceptors (Lipinski definition) is 4. The number of aliphatic hydroxyl groups excluding tert-OH is 1. The van der Waals surface area contributed by atoms with Gasteiger partial charge in [0.05, 0.1) is 20.3 Å². The zero-order chi connectivity index (χ0) is 17.2. The van der Waals surface area contributed by atoms with E-state index in [1.165, 1.54) is 71.3 Å². The molecule has 0 saturated carbocycles. The maximum atomic E-state index is 11.5. The van der Waals surface area contributed by atoms with Gasteiger partial charge in [-0.25, -0.2) is 4.79 Å². The first-order chi connectivity index (χ1) is 11.3. The molecule has 1 atom stereocenters. The molecule has 0 amide bonds. The lowest BCUT2D eigenvalue weighted by Crippen LogP contribution is -2.26. The molecule has 0 aliphatic heterocycles. The van der Waals surface area contributed by atoms with Gasteiger partial charge in [0, 0.05) is 0 Å². The summed E-state index contributed by atoms with van der Waals surface area (Å²) in [6.07, 6.45) is 15.7. The number of carbonyl (C=O) groups excluding carboxylic acids is 1. The Balaban J connectivity index is 3.40. The van der Waals surface area contributed by atoms with Gasteiger partial charge < -0.3 is 14.6 Å². The van der Waals surface area contributed by atoms with E-state index in [0.29, 0.717) is 6.42 Å². The van der Waals surface area contributed by atoms with E-state index in [2.05, 4.69) is 6.92 Å². The van der Waals surface area contributed by atoms with Crippen LogP contribution in [-0.2, 0) is 14.3 Å². The van der Waals surface area contributed by atoms with E-state index in [1.54, 1.807) is 0 Å². The molecule has 4 heteroatoms. The highest BCUT2D eigenvalue weighted by Crippen LogP contribution is 2.14. The Morgan fingerprint density at radius 2 is 1.35 bits per heavy atom. The van der Waals surface area contributed by atoms with Crippen molar-refractivity contribution in [1.82, 2.24) is 0 Å². The first-order valence-electron chi connectivity index (χ1n) is 9.56. The van der Waals surface area contributed by atoms with Crippen molar-refractivity contribution in [3.63, 3.8) is 0 Å². The number of esters is 1. The van der Waals surface area contributed by atoms with E-state index >= 15 is 0 Å². The lowest BCUT2D eigenvalue weighted by atomic mass is 10.0. The van der Waals surface area contributed by atoms with Crippen LogP contribution in [0.2, 0.25) is 0 Å². The molecule has 4 nitrogen and oxygen atoms in total. The molecule has 1 unspecified atom stereocenters. The first-order valence-corrected chi connectivity index (χ1v) is 9.56. The van der Waals surface area contributed by atoms with Crippen molar-refractivity contribution in [3.05, 3.63) is 0 Å². The Kier molecular flexibility index (Phi) is 17.3. The molecular formula is C19H38O4. The second kappa shape index (κ2) is 17.7. The van der Waals surface area contributed by atoms with Gasteiger partial charge in [-0.2, -0.15) is 0 Å². The highest BCUT2D eigenvalue weighted by Gasteiger charge is 2.18. The maximum Gasteiger partial charge on any atom is 0.334 e. The van der Waals surface area contributed by atoms with Gasteiger partial charge >= 0.3 is 5.97 Å². The minimum atomic E-state index is -0.518. The van der Waals surface area contributed by atoms with Crippen molar-refractivity contribution < 1.29 is 19.4 Å². The Morgan fingerprint density at radius 3 is 1.78 bits per heavy atom. The third kappa shape index (κ3) is 14.7. The van der Waals surface area contributed by atoms with Crippen molar-refractivity contribution in [3.8, 4) is 0 Å². The normalized spacial score (nSPS) is 12.3. The van der Waals surface area contributed by atoms with Crippen LogP contribution in [0.4, 0.5) is 0 Å². The van der Waals surface area contributed by atoms with Crippen molar-refractivity contribution in [1.29, 1.82) is 0 Å². The molecular weight excluding hydrogens is 292 g/mol. The van der Waals surface area contributed by atoms with Gasteiger partial charge in [-0.15, -0.1) is 0 Å². The maximum absolute atomic E-state index is 11.5. The van der Waals surface area contributed by atoms with Gasteiger partial charge in [0.15, 0.2) is 6.10 Å². The summed E-state index contributed by atoms with van der Waals surface area (Å²) in [5.41, 5.74) is 0. The van der Waals surface area contributed by atoms with Crippen molar-refractivity contribution in [2.75, 3.05) is 20.3 Å². The molecule has 0 spiro atoms. The molecule has 0 aromatic heterocycles. The van der Waals surface area contributed by atoms with Crippen LogP contribution in [0.5, 0.6) is 0 Å². The average Bonchev–Trinajstić information content (AvgIpc) is 2.57. The summed E-state index contributed by atoms with van der Waals surface area (Å²) in [5.74, 6) is -0.332. The van der Waals surface area contributed by atoms with Crippen molar-refractivity contribution >= 4 is 5.97 Å². The van der Waals surface area contributed by atoms with Crippen LogP contribution in [-0.4, -0.2) is 37.5 Å². The summed E-state index contributed by atoms with van der Waals surface area (Å²) in [6.45, 7) is 2.39. The number of hydrogen-bond donors (Lipinski definition) is 1. The zero-order valence-electron chi connectivity index (χ0n) is 15.4. The Labute approximate surface area is 142 Å². The molecule has 23 heavy (non-hydrogen) atoms. The van der Waals surface area contributed by atoms with Gasteiger partial charge in [0.2, 0.25) is 0 Å². The summed E-state index contributed by atoms with van der Waals surface area (Å²) < 4.78 is 10.0. The highest BCUT2D eigenvalue weighted by atomic mass is 16.6. The number of methoxy groups -OCH3 is 1. The number of unbranched alkanes of at least 4 members (excludes halogenated alkanes) is 11. The van der Waals surface area contributed by atoms with E-state index < -0.39 is 6.10 Å². The molecule has 0 aromatic carbocycles. The fraction of sp³-hybridized carbons (Fsp3) is 0.947. The van der Waals surface area contributed by atoms with Crippen LogP contribution in [0.1, 0.15) is 90.4 Å². The van der Waals surface area contributed by atoms with E-state index in [0.717, 1.165) is 12.8 Å². The summed E-state index contributed by atoms with van der Waals surface area (Å²) in [5, 5.41) is 8.77. The van der Waals surface area contributed by atoms with E-state index in [1.807, 2.05) is 0 Å². The van der Waals surface area contributed by atoms with Crippen LogP contribution in [0.15, 0.2) is 0 Å². The topological polar surface area (TPSA) is 55.8 Å². The third-order valence-corrected chi connectivity index (χ3v) is 4.19. The third-order valence-electron chi connectivity index (χ3n) is 4.19. The molecule has 0 rings (SSSR count). The smallest absolute Gasteiger partial charge is 0.334 e. The Morgan fingerprint density at radius 1 is 0.870 bits per heavy atom. The molecule has 0 heterocycles. The average molecular weight is 331 g/mol. The summed E-state index contributed by atoms with van der Waals surface area (Å²) in [7, 11) is 1.37. The Hall–Kier alpha value is -0.610. The molecule has 0 radical (unpaired) electrons. The molecule has 0 aromatic rings. The van der Waals surface area contributed by atoms with Crippen LogP contribution in [0.3, 0.4) is 0 Å². The monoisotopic (exact) mass is 330 g/mol. The number of ether oxygens (including phenoxy) is 2. The summed E-state index contributed by atoms with van der Waals surface area (Å²) in [6, 6.07) is 0. The van der Waals surface area contributed by atoms with Crippen LogP contribution >= 0.6 is 0 Å². The van der Waals surface area contributed by atoms with Crippen molar-refractivity contribution in [2.45, 2.75) is 96.5 Å². The number of rotatable bonds is 17. The second-order valence-corrected chi connectivity index (χ2v) is 6.28. The van der Waals surface area contributed by atoms with Gasteiger partial charge in [0.1, 0.15) is 0 Å². The molecule has 0 aliphatic carbocycles. The lowest BCUT2D eigenvalue weighted by Gasteiger charge is -2.14. The molecule has 138 valence electrons. The van der Waals surface area contributed by atoms with E-state index in [-0.39, 0.29) is 19.2 Å². The van der Waals surface area contributed by atoms with Gasteiger partial charge in [-0.3, -0.25) is 0 Å². The molecule has 0 bridgehead atoms. The number of aliphatic hydroxyl groups is 1. The fourth-order valence-corrected chi connectivity index (χ4v) is 2.77. The molecule has 0 fully saturated rings. The quantitative estimate of drug-likeness (QED) is 0.312. The van der Waals surface area contributed by atoms with E-state index in [9.17, 15) is 4.79 Å². The molecule has 0 saturated heterocycles. The summed E-state index contributed by atoms with van der Waals surface area (Å²) >= 11 is 0.